The fraction of sp³-hybridized carbons (Fsp3) is 0.0714. The van der Waals surface area contributed by atoms with E-state index in [0.717, 1.165) is 4.90 Å². The molecule has 1 aliphatic rings. The Kier molecular flexibility index (Phi) is 2.72. The molecule has 100 valence electrons. The predicted molar refractivity (Wildman–Crippen MR) is 76.0 cm³/mol. The number of fused-ring (bicyclic) bond motifs is 1. The fourth-order valence-corrected chi connectivity index (χ4v) is 2.52. The number of hydrogen-bond donors (Lipinski definition) is 1. The number of carbonyl (C=O) groups excluding carboxylic acids is 2. The molecule has 0 radical (unpaired) electrons. The standard InChI is InChI=1S/C14H10ClN3O2/c1-7-10(3-2-6-17-7)18-13(19)11-8(15)4-5-9(16)12(11)14(18)20/h2-6H,16H2,1H3. The molecule has 2 aromatic rings. The van der Waals surface area contributed by atoms with E-state index < -0.39 is 11.8 Å². The summed E-state index contributed by atoms with van der Waals surface area (Å²) in [5.41, 5.74) is 7.37. The average molecular weight is 288 g/mol. The average Bonchev–Trinajstić information content (AvgIpc) is 2.68. The third kappa shape index (κ3) is 1.60. The number of anilines is 2. The summed E-state index contributed by atoms with van der Waals surface area (Å²) in [5.74, 6) is -0.945. The van der Waals surface area contributed by atoms with E-state index in [0.29, 0.717) is 11.4 Å². The number of halogens is 1. The van der Waals surface area contributed by atoms with Gasteiger partial charge in [-0.3, -0.25) is 14.6 Å². The van der Waals surface area contributed by atoms with Crippen LogP contribution in [0.1, 0.15) is 26.4 Å². The van der Waals surface area contributed by atoms with Crippen molar-refractivity contribution in [1.82, 2.24) is 4.98 Å². The van der Waals surface area contributed by atoms with Gasteiger partial charge in [0.1, 0.15) is 0 Å². The number of benzene rings is 1. The van der Waals surface area contributed by atoms with Crippen molar-refractivity contribution in [3.05, 3.63) is 52.3 Å². The topological polar surface area (TPSA) is 76.3 Å². The highest BCUT2D eigenvalue weighted by molar-refractivity contribution is 6.43. The van der Waals surface area contributed by atoms with Gasteiger partial charge in [0.25, 0.3) is 11.8 Å². The lowest BCUT2D eigenvalue weighted by Crippen LogP contribution is -2.30. The SMILES string of the molecule is Cc1ncccc1N1C(=O)c2c(N)ccc(Cl)c2C1=O. The number of nitrogens with zero attached hydrogens (tertiary/aromatic N) is 2. The van der Waals surface area contributed by atoms with Gasteiger partial charge in [-0.25, -0.2) is 4.90 Å². The molecule has 6 heteroatoms. The molecular weight excluding hydrogens is 278 g/mol. The van der Waals surface area contributed by atoms with Crippen LogP contribution in [0.15, 0.2) is 30.5 Å². The molecule has 0 bridgehead atoms. The maximum absolute atomic E-state index is 12.5. The molecule has 0 aliphatic carbocycles. The number of aryl methyl sites for hydroxylation is 1. The summed E-state index contributed by atoms with van der Waals surface area (Å²) in [6.07, 6.45) is 1.60. The van der Waals surface area contributed by atoms with Crippen molar-refractivity contribution in [3.8, 4) is 0 Å². The van der Waals surface area contributed by atoms with Gasteiger partial charge < -0.3 is 5.73 Å². The molecule has 0 saturated carbocycles. The number of imide groups is 1. The monoisotopic (exact) mass is 287 g/mol. The van der Waals surface area contributed by atoms with Crippen LogP contribution in [0.3, 0.4) is 0 Å². The first kappa shape index (κ1) is 12.6. The van der Waals surface area contributed by atoms with Crippen LogP contribution in [0, 0.1) is 6.92 Å². The van der Waals surface area contributed by atoms with Gasteiger partial charge in [-0.15, -0.1) is 0 Å². The Labute approximate surface area is 120 Å². The van der Waals surface area contributed by atoms with Crippen LogP contribution < -0.4 is 10.6 Å². The maximum Gasteiger partial charge on any atom is 0.268 e. The summed E-state index contributed by atoms with van der Waals surface area (Å²) < 4.78 is 0. The summed E-state index contributed by atoms with van der Waals surface area (Å²) in [6.45, 7) is 1.73. The van der Waals surface area contributed by atoms with Crippen molar-refractivity contribution in [2.45, 2.75) is 6.92 Å². The van der Waals surface area contributed by atoms with E-state index in [1.807, 2.05) is 0 Å². The summed E-state index contributed by atoms with van der Waals surface area (Å²) in [4.78, 5) is 30.1. The van der Waals surface area contributed by atoms with Crippen LogP contribution in [0.5, 0.6) is 0 Å². The molecule has 0 unspecified atom stereocenters. The van der Waals surface area contributed by atoms with Crippen LogP contribution in [-0.4, -0.2) is 16.8 Å². The highest BCUT2D eigenvalue weighted by atomic mass is 35.5. The summed E-state index contributed by atoms with van der Waals surface area (Å²) in [5, 5.41) is 0.219. The molecule has 0 spiro atoms. The zero-order valence-electron chi connectivity index (χ0n) is 10.6. The van der Waals surface area contributed by atoms with E-state index in [2.05, 4.69) is 4.98 Å². The molecule has 2 heterocycles. The lowest BCUT2D eigenvalue weighted by atomic mass is 10.1. The Morgan fingerprint density at radius 2 is 1.85 bits per heavy atom. The van der Waals surface area contributed by atoms with Crippen molar-refractivity contribution < 1.29 is 9.59 Å². The van der Waals surface area contributed by atoms with E-state index in [1.165, 1.54) is 12.1 Å². The number of rotatable bonds is 1. The van der Waals surface area contributed by atoms with E-state index in [1.54, 1.807) is 25.3 Å². The van der Waals surface area contributed by atoms with Gasteiger partial charge in [0, 0.05) is 11.9 Å². The van der Waals surface area contributed by atoms with Crippen LogP contribution >= 0.6 is 11.6 Å². The Morgan fingerprint density at radius 3 is 2.50 bits per heavy atom. The highest BCUT2D eigenvalue weighted by Crippen LogP contribution is 2.36. The van der Waals surface area contributed by atoms with Gasteiger partial charge in [0.05, 0.1) is 27.5 Å². The molecule has 0 saturated heterocycles. The zero-order valence-corrected chi connectivity index (χ0v) is 11.3. The molecule has 20 heavy (non-hydrogen) atoms. The first-order valence-corrected chi connectivity index (χ1v) is 6.28. The van der Waals surface area contributed by atoms with Crippen LogP contribution in [-0.2, 0) is 0 Å². The van der Waals surface area contributed by atoms with Gasteiger partial charge in [-0.1, -0.05) is 11.6 Å². The number of nitrogen functional groups attached to an aromatic ring is 1. The van der Waals surface area contributed by atoms with Crippen molar-refractivity contribution in [2.75, 3.05) is 10.6 Å². The van der Waals surface area contributed by atoms with Gasteiger partial charge in [-0.2, -0.15) is 0 Å². The summed E-state index contributed by atoms with van der Waals surface area (Å²) in [6, 6.07) is 6.36. The number of amides is 2. The number of hydrogen-bond acceptors (Lipinski definition) is 4. The number of aromatic nitrogens is 1. The smallest absolute Gasteiger partial charge is 0.268 e. The molecule has 3 rings (SSSR count). The molecule has 0 atom stereocenters. The van der Waals surface area contributed by atoms with Gasteiger partial charge >= 0.3 is 0 Å². The minimum atomic E-state index is -0.474. The van der Waals surface area contributed by atoms with E-state index in [4.69, 9.17) is 17.3 Å². The number of pyridine rings is 1. The molecule has 2 amide bonds. The second-order valence-corrected chi connectivity index (χ2v) is 4.85. The van der Waals surface area contributed by atoms with Crippen LogP contribution in [0.25, 0.3) is 0 Å². The minimum Gasteiger partial charge on any atom is -0.398 e. The predicted octanol–water partition coefficient (Wildman–Crippen LogP) is 2.43. The van der Waals surface area contributed by atoms with Gasteiger partial charge in [0.15, 0.2) is 0 Å². The first-order chi connectivity index (χ1) is 9.52. The zero-order chi connectivity index (χ0) is 14.4. The van der Waals surface area contributed by atoms with E-state index in [9.17, 15) is 9.59 Å². The molecule has 1 aromatic heterocycles. The Balaban J connectivity index is 2.23. The van der Waals surface area contributed by atoms with Crippen molar-refractivity contribution >= 4 is 34.8 Å². The lowest BCUT2D eigenvalue weighted by molar-refractivity contribution is 0.0926. The van der Waals surface area contributed by atoms with Crippen LogP contribution in [0.4, 0.5) is 11.4 Å². The fourth-order valence-electron chi connectivity index (χ4n) is 2.28. The molecule has 1 aliphatic heterocycles. The molecular formula is C14H10ClN3O2. The highest BCUT2D eigenvalue weighted by Gasteiger charge is 2.40. The Morgan fingerprint density at radius 1 is 1.15 bits per heavy atom. The summed E-state index contributed by atoms with van der Waals surface area (Å²) >= 11 is 6.02. The largest absolute Gasteiger partial charge is 0.398 e. The molecule has 2 N–H and O–H groups in total. The second-order valence-electron chi connectivity index (χ2n) is 4.44. The Bertz CT molecular complexity index is 717. The van der Waals surface area contributed by atoms with E-state index in [-0.39, 0.29) is 21.8 Å². The molecule has 1 aromatic carbocycles. The van der Waals surface area contributed by atoms with Gasteiger partial charge in [0.2, 0.25) is 0 Å². The third-order valence-electron chi connectivity index (χ3n) is 3.24. The first-order valence-electron chi connectivity index (χ1n) is 5.90. The molecule has 5 nitrogen and oxygen atoms in total. The normalized spacial score (nSPS) is 13.8. The van der Waals surface area contributed by atoms with Gasteiger partial charge in [-0.05, 0) is 31.2 Å². The number of carbonyl (C=O) groups is 2. The summed E-state index contributed by atoms with van der Waals surface area (Å²) in [7, 11) is 0. The lowest BCUT2D eigenvalue weighted by Gasteiger charge is -2.15. The van der Waals surface area contributed by atoms with E-state index >= 15 is 0 Å². The number of nitrogens with two attached hydrogens (primary N) is 1. The third-order valence-corrected chi connectivity index (χ3v) is 3.56. The maximum atomic E-state index is 12.5. The molecule has 0 fully saturated rings. The Hall–Kier alpha value is -2.40. The van der Waals surface area contributed by atoms with Crippen molar-refractivity contribution in [3.63, 3.8) is 0 Å². The van der Waals surface area contributed by atoms with Crippen molar-refractivity contribution in [1.29, 1.82) is 0 Å². The minimum absolute atomic E-state index is 0.153. The quantitative estimate of drug-likeness (QED) is 0.645. The van der Waals surface area contributed by atoms with Crippen molar-refractivity contribution in [2.24, 2.45) is 0 Å². The van der Waals surface area contributed by atoms with Crippen LogP contribution in [0.2, 0.25) is 5.02 Å². The second kappa shape index (κ2) is 4.31.